The number of carbonyl (C=O) groups excluding carboxylic acids is 1. The monoisotopic (exact) mass is 297 g/mol. The van der Waals surface area contributed by atoms with Crippen LogP contribution in [0.2, 0.25) is 0 Å². The van der Waals surface area contributed by atoms with Gasteiger partial charge in [-0.1, -0.05) is 0 Å². The van der Waals surface area contributed by atoms with Crippen LogP contribution < -0.4 is 0 Å². The highest BCUT2D eigenvalue weighted by Gasteiger charge is 2.17. The first-order valence-electron chi connectivity index (χ1n) is 7.28. The van der Waals surface area contributed by atoms with Crippen LogP contribution in [-0.4, -0.2) is 66.7 Å². The van der Waals surface area contributed by atoms with Crippen LogP contribution in [0.3, 0.4) is 0 Å². The smallest absolute Gasteiger partial charge is 0.341 e. The standard InChI is InChI=1S/C14H23N3O4/c1-3-21-14(18)12-10-16(2)15-13(12)11-20-9-6-17-4-7-19-8-5-17/h10H,3-9,11H2,1-2H3. The summed E-state index contributed by atoms with van der Waals surface area (Å²) < 4.78 is 17.6. The molecule has 7 nitrogen and oxygen atoms in total. The van der Waals surface area contributed by atoms with E-state index in [9.17, 15) is 4.79 Å². The summed E-state index contributed by atoms with van der Waals surface area (Å²) in [4.78, 5) is 14.1. The van der Waals surface area contributed by atoms with Crippen molar-refractivity contribution >= 4 is 5.97 Å². The lowest BCUT2D eigenvalue weighted by Crippen LogP contribution is -2.38. The molecule has 1 aliphatic heterocycles. The molecular weight excluding hydrogens is 274 g/mol. The Hall–Kier alpha value is -1.44. The lowest BCUT2D eigenvalue weighted by molar-refractivity contribution is 0.0173. The van der Waals surface area contributed by atoms with Gasteiger partial charge in [-0.3, -0.25) is 9.58 Å². The predicted octanol–water partition coefficient (Wildman–Crippen LogP) is 0.446. The first-order chi connectivity index (χ1) is 10.2. The fourth-order valence-electron chi connectivity index (χ4n) is 2.21. The molecule has 1 aromatic rings. The van der Waals surface area contributed by atoms with E-state index >= 15 is 0 Å². The van der Waals surface area contributed by atoms with Crippen molar-refractivity contribution in [2.75, 3.05) is 46.1 Å². The minimum atomic E-state index is -0.350. The van der Waals surface area contributed by atoms with Crippen molar-refractivity contribution in [3.05, 3.63) is 17.5 Å². The maximum atomic E-state index is 11.8. The van der Waals surface area contributed by atoms with Gasteiger partial charge in [-0.05, 0) is 6.92 Å². The Morgan fingerprint density at radius 2 is 2.19 bits per heavy atom. The summed E-state index contributed by atoms with van der Waals surface area (Å²) in [6.45, 7) is 7.39. The molecule has 2 rings (SSSR count). The van der Waals surface area contributed by atoms with Crippen LogP contribution in [0.4, 0.5) is 0 Å². The summed E-state index contributed by atoms with van der Waals surface area (Å²) >= 11 is 0. The van der Waals surface area contributed by atoms with E-state index in [0.717, 1.165) is 32.8 Å². The van der Waals surface area contributed by atoms with E-state index in [1.807, 2.05) is 0 Å². The Bertz CT molecular complexity index is 455. The Morgan fingerprint density at radius 3 is 2.90 bits per heavy atom. The van der Waals surface area contributed by atoms with Gasteiger partial charge in [0.2, 0.25) is 0 Å². The largest absolute Gasteiger partial charge is 0.462 e. The van der Waals surface area contributed by atoms with E-state index in [2.05, 4.69) is 10.00 Å². The Kier molecular flexibility index (Phi) is 6.16. The van der Waals surface area contributed by atoms with E-state index in [1.165, 1.54) is 0 Å². The lowest BCUT2D eigenvalue weighted by atomic mass is 10.2. The van der Waals surface area contributed by atoms with Crippen molar-refractivity contribution in [3.8, 4) is 0 Å². The Labute approximate surface area is 124 Å². The lowest BCUT2D eigenvalue weighted by Gasteiger charge is -2.26. The summed E-state index contributed by atoms with van der Waals surface area (Å²) in [5.74, 6) is -0.350. The van der Waals surface area contributed by atoms with Gasteiger partial charge in [-0.2, -0.15) is 5.10 Å². The van der Waals surface area contributed by atoms with Crippen LogP contribution in [0.25, 0.3) is 0 Å². The van der Waals surface area contributed by atoms with Gasteiger partial charge in [0, 0.05) is 32.9 Å². The zero-order valence-corrected chi connectivity index (χ0v) is 12.7. The molecule has 1 aromatic heterocycles. The van der Waals surface area contributed by atoms with Crippen LogP contribution in [0.1, 0.15) is 23.0 Å². The van der Waals surface area contributed by atoms with E-state index in [1.54, 1.807) is 24.9 Å². The van der Waals surface area contributed by atoms with Gasteiger partial charge in [0.15, 0.2) is 0 Å². The van der Waals surface area contributed by atoms with E-state index in [4.69, 9.17) is 14.2 Å². The van der Waals surface area contributed by atoms with Crippen molar-refractivity contribution in [1.82, 2.24) is 14.7 Å². The molecule has 2 heterocycles. The van der Waals surface area contributed by atoms with Crippen molar-refractivity contribution in [3.63, 3.8) is 0 Å². The number of aromatic nitrogens is 2. The number of hydrogen-bond acceptors (Lipinski definition) is 6. The summed E-state index contributed by atoms with van der Waals surface area (Å²) in [6.07, 6.45) is 1.67. The first-order valence-corrected chi connectivity index (χ1v) is 7.28. The van der Waals surface area contributed by atoms with Crippen LogP contribution in [0.5, 0.6) is 0 Å². The molecule has 0 N–H and O–H groups in total. The normalized spacial score (nSPS) is 16.1. The minimum absolute atomic E-state index is 0.319. The zero-order valence-electron chi connectivity index (χ0n) is 12.7. The summed E-state index contributed by atoms with van der Waals surface area (Å²) in [7, 11) is 1.78. The second-order valence-corrected chi connectivity index (χ2v) is 4.89. The fraction of sp³-hybridized carbons (Fsp3) is 0.714. The van der Waals surface area contributed by atoms with Gasteiger partial charge in [0.25, 0.3) is 0 Å². The molecule has 118 valence electrons. The van der Waals surface area contributed by atoms with Crippen molar-refractivity contribution in [2.24, 2.45) is 7.05 Å². The molecule has 1 saturated heterocycles. The molecule has 1 fully saturated rings. The molecule has 0 amide bonds. The quantitative estimate of drug-likeness (QED) is 0.538. The van der Waals surface area contributed by atoms with Crippen LogP contribution in [0, 0.1) is 0 Å². The highest BCUT2D eigenvalue weighted by molar-refractivity contribution is 5.90. The van der Waals surface area contributed by atoms with Crippen molar-refractivity contribution in [1.29, 1.82) is 0 Å². The highest BCUT2D eigenvalue weighted by atomic mass is 16.5. The molecule has 0 spiro atoms. The molecular formula is C14H23N3O4. The predicted molar refractivity (Wildman–Crippen MR) is 76.1 cm³/mol. The summed E-state index contributed by atoms with van der Waals surface area (Å²) in [5.41, 5.74) is 1.10. The van der Waals surface area contributed by atoms with Crippen LogP contribution in [-0.2, 0) is 27.9 Å². The number of ether oxygens (including phenoxy) is 3. The fourth-order valence-corrected chi connectivity index (χ4v) is 2.21. The molecule has 0 radical (unpaired) electrons. The molecule has 0 aromatic carbocycles. The first kappa shape index (κ1) is 15.9. The number of aryl methyl sites for hydroxylation is 1. The molecule has 7 heteroatoms. The molecule has 0 aliphatic carbocycles. The molecule has 0 saturated carbocycles. The third-order valence-electron chi connectivity index (χ3n) is 3.29. The average Bonchev–Trinajstić information content (AvgIpc) is 2.86. The number of rotatable bonds is 7. The minimum Gasteiger partial charge on any atom is -0.462 e. The Balaban J connectivity index is 1.78. The van der Waals surface area contributed by atoms with Gasteiger partial charge in [-0.15, -0.1) is 0 Å². The number of carbonyl (C=O) groups is 1. The van der Waals surface area contributed by atoms with E-state index in [-0.39, 0.29) is 5.97 Å². The second kappa shape index (κ2) is 8.11. The number of nitrogens with zero attached hydrogens (tertiary/aromatic N) is 3. The zero-order chi connectivity index (χ0) is 15.1. The van der Waals surface area contributed by atoms with Gasteiger partial charge < -0.3 is 14.2 Å². The SMILES string of the molecule is CCOC(=O)c1cn(C)nc1COCCN1CCOCC1. The molecule has 1 aliphatic rings. The number of esters is 1. The number of morpholine rings is 1. The molecule has 0 bridgehead atoms. The van der Waals surface area contributed by atoms with Crippen LogP contribution >= 0.6 is 0 Å². The Morgan fingerprint density at radius 1 is 1.43 bits per heavy atom. The third-order valence-corrected chi connectivity index (χ3v) is 3.29. The van der Waals surface area contributed by atoms with E-state index < -0.39 is 0 Å². The second-order valence-electron chi connectivity index (χ2n) is 4.89. The summed E-state index contributed by atoms with van der Waals surface area (Å²) in [5, 5.41) is 4.26. The van der Waals surface area contributed by atoms with Gasteiger partial charge >= 0.3 is 5.97 Å². The molecule has 21 heavy (non-hydrogen) atoms. The maximum absolute atomic E-state index is 11.8. The maximum Gasteiger partial charge on any atom is 0.341 e. The van der Waals surface area contributed by atoms with Gasteiger partial charge in [0.1, 0.15) is 11.3 Å². The molecule has 0 unspecified atom stereocenters. The average molecular weight is 297 g/mol. The molecule has 0 atom stereocenters. The summed E-state index contributed by atoms with van der Waals surface area (Å²) in [6, 6.07) is 0. The van der Waals surface area contributed by atoms with Gasteiger partial charge in [0.05, 0.1) is 33.0 Å². The van der Waals surface area contributed by atoms with E-state index in [0.29, 0.717) is 31.1 Å². The third kappa shape index (κ3) is 4.80. The number of hydrogen-bond donors (Lipinski definition) is 0. The van der Waals surface area contributed by atoms with Crippen molar-refractivity contribution < 1.29 is 19.0 Å². The van der Waals surface area contributed by atoms with Crippen molar-refractivity contribution in [2.45, 2.75) is 13.5 Å². The van der Waals surface area contributed by atoms with Gasteiger partial charge in [-0.25, -0.2) is 4.79 Å². The highest BCUT2D eigenvalue weighted by Crippen LogP contribution is 2.10. The van der Waals surface area contributed by atoms with Crippen LogP contribution in [0.15, 0.2) is 6.20 Å². The topological polar surface area (TPSA) is 65.8 Å².